The van der Waals surface area contributed by atoms with Gasteiger partial charge in [0.05, 0.1) is 10.6 Å². The molecule has 1 aliphatic rings. The van der Waals surface area contributed by atoms with Crippen molar-refractivity contribution in [1.29, 1.82) is 0 Å². The van der Waals surface area contributed by atoms with E-state index in [4.69, 9.17) is 23.2 Å². The van der Waals surface area contributed by atoms with Gasteiger partial charge in [0, 0.05) is 18.0 Å². The Balaban J connectivity index is 2.30. The largest absolute Gasteiger partial charge is 0.278 e. The van der Waals surface area contributed by atoms with Crippen molar-refractivity contribution in [3.05, 3.63) is 33.8 Å². The Kier molecular flexibility index (Phi) is 3.17. The Morgan fingerprint density at radius 1 is 1.31 bits per heavy atom. The Labute approximate surface area is 103 Å². The molecule has 16 heavy (non-hydrogen) atoms. The molecule has 0 atom stereocenters. The molecule has 1 saturated heterocycles. The second-order valence-corrected chi connectivity index (χ2v) is 4.42. The van der Waals surface area contributed by atoms with E-state index in [9.17, 15) is 9.59 Å². The molecule has 84 valence electrons. The van der Waals surface area contributed by atoms with Gasteiger partial charge in [0.15, 0.2) is 0 Å². The summed E-state index contributed by atoms with van der Waals surface area (Å²) >= 11 is 11.6. The first kappa shape index (κ1) is 11.4. The van der Waals surface area contributed by atoms with Crippen LogP contribution in [-0.2, 0) is 4.79 Å². The summed E-state index contributed by atoms with van der Waals surface area (Å²) in [4.78, 5) is 24.6. The zero-order valence-corrected chi connectivity index (χ0v) is 9.88. The van der Waals surface area contributed by atoms with Crippen LogP contribution in [0, 0.1) is 0 Å². The van der Waals surface area contributed by atoms with Gasteiger partial charge in [0.2, 0.25) is 5.91 Å². The van der Waals surface area contributed by atoms with Crippen molar-refractivity contribution in [2.45, 2.75) is 12.8 Å². The minimum absolute atomic E-state index is 0.143. The molecule has 1 fully saturated rings. The van der Waals surface area contributed by atoms with Gasteiger partial charge in [0.25, 0.3) is 5.91 Å². The third-order valence-corrected chi connectivity index (χ3v) is 3.03. The number of rotatable bonds is 1. The molecule has 0 bridgehead atoms. The van der Waals surface area contributed by atoms with E-state index in [1.54, 1.807) is 12.1 Å². The molecule has 0 N–H and O–H groups in total. The SMILES string of the molecule is O=C1CCCN1C(=O)c1ccc(Cl)cc1Cl. The van der Waals surface area contributed by atoms with Crippen LogP contribution in [0.2, 0.25) is 10.0 Å². The summed E-state index contributed by atoms with van der Waals surface area (Å²) in [6.07, 6.45) is 1.15. The highest BCUT2D eigenvalue weighted by atomic mass is 35.5. The van der Waals surface area contributed by atoms with Crippen LogP contribution in [0.3, 0.4) is 0 Å². The zero-order chi connectivity index (χ0) is 11.7. The van der Waals surface area contributed by atoms with Crippen molar-refractivity contribution < 1.29 is 9.59 Å². The number of likely N-dealkylation sites (tertiary alicyclic amines) is 1. The summed E-state index contributed by atoms with van der Waals surface area (Å²) in [5, 5.41) is 0.742. The first-order valence-corrected chi connectivity index (χ1v) is 5.65. The molecule has 0 aliphatic carbocycles. The van der Waals surface area contributed by atoms with E-state index >= 15 is 0 Å². The molecule has 0 spiro atoms. The van der Waals surface area contributed by atoms with Gasteiger partial charge in [-0.1, -0.05) is 23.2 Å². The van der Waals surface area contributed by atoms with Crippen molar-refractivity contribution in [2.24, 2.45) is 0 Å². The van der Waals surface area contributed by atoms with Crippen molar-refractivity contribution in [2.75, 3.05) is 6.54 Å². The smallest absolute Gasteiger partial charge is 0.261 e. The molecule has 0 radical (unpaired) electrons. The number of hydrogen-bond donors (Lipinski definition) is 0. The molecule has 5 heteroatoms. The third-order valence-electron chi connectivity index (χ3n) is 2.48. The van der Waals surface area contributed by atoms with Crippen LogP contribution in [0.25, 0.3) is 0 Å². The lowest BCUT2D eigenvalue weighted by Crippen LogP contribution is -2.31. The Hall–Kier alpha value is -1.06. The number of imide groups is 1. The molecule has 1 aromatic rings. The van der Waals surface area contributed by atoms with Gasteiger partial charge in [-0.15, -0.1) is 0 Å². The number of nitrogens with zero attached hydrogens (tertiary/aromatic N) is 1. The summed E-state index contributed by atoms with van der Waals surface area (Å²) in [5.41, 5.74) is 0.321. The fourth-order valence-corrected chi connectivity index (χ4v) is 2.16. The summed E-state index contributed by atoms with van der Waals surface area (Å²) in [6, 6.07) is 4.62. The van der Waals surface area contributed by atoms with Crippen molar-refractivity contribution in [3.8, 4) is 0 Å². The maximum absolute atomic E-state index is 12.0. The van der Waals surface area contributed by atoms with Crippen LogP contribution in [0.4, 0.5) is 0 Å². The summed E-state index contributed by atoms with van der Waals surface area (Å²) in [6.45, 7) is 0.469. The molecule has 0 saturated carbocycles. The molecule has 1 aliphatic heterocycles. The van der Waals surface area contributed by atoms with E-state index in [0.717, 1.165) is 6.42 Å². The summed E-state index contributed by atoms with van der Waals surface area (Å²) in [5.74, 6) is -0.486. The minimum Gasteiger partial charge on any atom is -0.278 e. The third kappa shape index (κ3) is 2.06. The van der Waals surface area contributed by atoms with E-state index < -0.39 is 0 Å². The van der Waals surface area contributed by atoms with Gasteiger partial charge in [-0.3, -0.25) is 14.5 Å². The lowest BCUT2D eigenvalue weighted by atomic mass is 10.2. The van der Waals surface area contributed by atoms with Crippen molar-refractivity contribution in [1.82, 2.24) is 4.90 Å². The normalized spacial score (nSPS) is 15.6. The molecule has 1 heterocycles. The monoisotopic (exact) mass is 257 g/mol. The topological polar surface area (TPSA) is 37.4 Å². The molecular weight excluding hydrogens is 249 g/mol. The fraction of sp³-hybridized carbons (Fsp3) is 0.273. The average molecular weight is 258 g/mol. The van der Waals surface area contributed by atoms with Gasteiger partial charge >= 0.3 is 0 Å². The van der Waals surface area contributed by atoms with Crippen molar-refractivity contribution >= 4 is 35.0 Å². The molecule has 0 aromatic heterocycles. The standard InChI is InChI=1S/C11H9Cl2NO2/c12-7-3-4-8(9(13)6-7)11(16)14-5-1-2-10(14)15/h3-4,6H,1-2,5H2. The molecule has 1 aromatic carbocycles. The zero-order valence-electron chi connectivity index (χ0n) is 8.37. The van der Waals surface area contributed by atoms with Gasteiger partial charge < -0.3 is 0 Å². The number of benzene rings is 1. The lowest BCUT2D eigenvalue weighted by Gasteiger charge is -2.14. The summed E-state index contributed by atoms with van der Waals surface area (Å²) in [7, 11) is 0. The van der Waals surface area contributed by atoms with E-state index in [1.165, 1.54) is 11.0 Å². The van der Waals surface area contributed by atoms with E-state index in [-0.39, 0.29) is 16.8 Å². The maximum atomic E-state index is 12.0. The predicted octanol–water partition coefficient (Wildman–Crippen LogP) is 2.76. The second kappa shape index (κ2) is 4.44. The molecular formula is C11H9Cl2NO2. The van der Waals surface area contributed by atoms with Gasteiger partial charge in [-0.2, -0.15) is 0 Å². The highest BCUT2D eigenvalue weighted by molar-refractivity contribution is 6.37. The maximum Gasteiger partial charge on any atom is 0.261 e. The van der Waals surface area contributed by atoms with E-state index in [1.807, 2.05) is 0 Å². The van der Waals surface area contributed by atoms with Crippen LogP contribution in [-0.4, -0.2) is 23.3 Å². The van der Waals surface area contributed by atoms with Crippen LogP contribution in [0.15, 0.2) is 18.2 Å². The Morgan fingerprint density at radius 2 is 2.06 bits per heavy atom. The lowest BCUT2D eigenvalue weighted by molar-refractivity contribution is -0.125. The Bertz CT molecular complexity index is 459. The van der Waals surface area contributed by atoms with Crippen LogP contribution in [0.5, 0.6) is 0 Å². The average Bonchev–Trinajstić information content (AvgIpc) is 2.63. The first-order valence-electron chi connectivity index (χ1n) is 4.89. The molecule has 3 nitrogen and oxygen atoms in total. The van der Waals surface area contributed by atoms with E-state index in [0.29, 0.717) is 23.6 Å². The van der Waals surface area contributed by atoms with Crippen molar-refractivity contribution in [3.63, 3.8) is 0 Å². The molecule has 2 amide bonds. The number of halogens is 2. The molecule has 0 unspecified atom stereocenters. The van der Waals surface area contributed by atoms with Gasteiger partial charge in [0.1, 0.15) is 0 Å². The molecule has 2 rings (SSSR count). The highest BCUT2D eigenvalue weighted by Gasteiger charge is 2.28. The second-order valence-electron chi connectivity index (χ2n) is 3.58. The number of hydrogen-bond acceptors (Lipinski definition) is 2. The quantitative estimate of drug-likeness (QED) is 0.726. The number of amides is 2. The van der Waals surface area contributed by atoms with Gasteiger partial charge in [-0.05, 0) is 24.6 Å². The van der Waals surface area contributed by atoms with Crippen LogP contribution >= 0.6 is 23.2 Å². The fourth-order valence-electron chi connectivity index (χ4n) is 1.67. The minimum atomic E-state index is -0.343. The van der Waals surface area contributed by atoms with E-state index in [2.05, 4.69) is 0 Å². The Morgan fingerprint density at radius 3 is 2.62 bits per heavy atom. The highest BCUT2D eigenvalue weighted by Crippen LogP contribution is 2.24. The summed E-state index contributed by atoms with van der Waals surface area (Å²) < 4.78 is 0. The van der Waals surface area contributed by atoms with Gasteiger partial charge in [-0.25, -0.2) is 0 Å². The van der Waals surface area contributed by atoms with Crippen LogP contribution < -0.4 is 0 Å². The predicted molar refractivity (Wildman–Crippen MR) is 61.7 cm³/mol. The number of carbonyl (C=O) groups excluding carboxylic acids is 2. The first-order chi connectivity index (χ1) is 7.59. The van der Waals surface area contributed by atoms with Crippen LogP contribution in [0.1, 0.15) is 23.2 Å². The number of carbonyl (C=O) groups is 2.